The Hall–Kier alpha value is -2.08. The fraction of sp³-hybridized carbons (Fsp3) is 0.409. The Morgan fingerprint density at radius 2 is 2.07 bits per heavy atom. The van der Waals surface area contributed by atoms with Crippen molar-refractivity contribution in [3.8, 4) is 5.75 Å². The molecule has 1 saturated heterocycles. The number of morpholine rings is 1. The zero-order chi connectivity index (χ0) is 19.3. The van der Waals surface area contributed by atoms with E-state index in [0.29, 0.717) is 23.7 Å². The summed E-state index contributed by atoms with van der Waals surface area (Å²) >= 11 is 5.94. The zero-order valence-corrected chi connectivity index (χ0v) is 16.5. The summed E-state index contributed by atoms with van der Waals surface area (Å²) in [6.07, 6.45) is 2.03. The van der Waals surface area contributed by atoms with Gasteiger partial charge < -0.3 is 14.8 Å². The second-order valence-corrected chi connectivity index (χ2v) is 7.65. The molecule has 2 aliphatic heterocycles. The molecule has 1 amide bonds. The first-order valence-corrected chi connectivity index (χ1v) is 10.2. The monoisotopic (exact) mass is 400 g/mol. The Bertz CT molecular complexity index is 829. The predicted octanol–water partition coefficient (Wildman–Crippen LogP) is 3.68. The van der Waals surface area contributed by atoms with E-state index in [1.54, 1.807) is 24.3 Å². The molecule has 0 aromatic heterocycles. The number of benzene rings is 2. The first kappa shape index (κ1) is 19.2. The molecule has 0 unspecified atom stereocenters. The molecule has 2 aromatic carbocycles. The Morgan fingerprint density at radius 1 is 1.18 bits per heavy atom. The zero-order valence-electron chi connectivity index (χ0n) is 15.8. The van der Waals surface area contributed by atoms with E-state index >= 15 is 0 Å². The van der Waals surface area contributed by atoms with Crippen LogP contribution in [0.1, 0.15) is 34.9 Å². The Morgan fingerprint density at radius 3 is 2.96 bits per heavy atom. The molecule has 1 N–H and O–H groups in total. The van der Waals surface area contributed by atoms with Crippen molar-refractivity contribution < 1.29 is 14.3 Å². The number of nitrogens with one attached hydrogen (secondary N) is 1. The number of carbonyl (C=O) groups is 1. The molecule has 0 aliphatic carbocycles. The molecule has 6 heteroatoms. The average Bonchev–Trinajstić information content (AvgIpc) is 2.73. The maximum Gasteiger partial charge on any atom is 0.251 e. The van der Waals surface area contributed by atoms with E-state index in [4.69, 9.17) is 21.1 Å². The van der Waals surface area contributed by atoms with E-state index in [1.807, 2.05) is 18.2 Å². The van der Waals surface area contributed by atoms with Gasteiger partial charge in [0.2, 0.25) is 0 Å². The molecule has 2 aliphatic rings. The third-order valence-corrected chi connectivity index (χ3v) is 5.61. The highest BCUT2D eigenvalue weighted by Gasteiger charge is 2.38. The van der Waals surface area contributed by atoms with E-state index in [9.17, 15) is 4.79 Å². The van der Waals surface area contributed by atoms with E-state index in [0.717, 1.165) is 43.9 Å². The van der Waals surface area contributed by atoms with Crippen LogP contribution in [0.2, 0.25) is 5.02 Å². The lowest BCUT2D eigenvalue weighted by Gasteiger charge is -2.44. The number of halogens is 1. The Kier molecular flexibility index (Phi) is 6.15. The van der Waals surface area contributed by atoms with Crippen molar-refractivity contribution in [3.05, 3.63) is 64.7 Å². The number of hydrogen-bond acceptors (Lipinski definition) is 4. The number of ether oxygens (including phenoxy) is 2. The van der Waals surface area contributed by atoms with Crippen molar-refractivity contribution in [2.24, 2.45) is 0 Å². The lowest BCUT2D eigenvalue weighted by atomic mass is 9.96. The summed E-state index contributed by atoms with van der Waals surface area (Å²) in [5.74, 6) is 0.862. The maximum atomic E-state index is 12.2. The fourth-order valence-electron chi connectivity index (χ4n) is 3.93. The minimum atomic E-state index is -0.0776. The molecule has 4 rings (SSSR count). The molecule has 0 spiro atoms. The quantitative estimate of drug-likeness (QED) is 0.751. The maximum absolute atomic E-state index is 12.2. The van der Waals surface area contributed by atoms with Crippen LogP contribution in [-0.2, 0) is 4.74 Å². The molecule has 2 aromatic rings. The van der Waals surface area contributed by atoms with Crippen LogP contribution in [-0.4, -0.2) is 49.7 Å². The number of nitrogens with zero attached hydrogens (tertiary/aromatic N) is 1. The highest BCUT2D eigenvalue weighted by molar-refractivity contribution is 6.30. The molecule has 1 fully saturated rings. The largest absolute Gasteiger partial charge is 0.491 e. The van der Waals surface area contributed by atoms with Gasteiger partial charge in [0.1, 0.15) is 18.5 Å². The number of carbonyl (C=O) groups excluding carboxylic acids is 1. The normalized spacial score (nSPS) is 21.3. The minimum Gasteiger partial charge on any atom is -0.491 e. The number of hydrogen-bond donors (Lipinski definition) is 1. The van der Waals surface area contributed by atoms with Gasteiger partial charge in [-0.3, -0.25) is 9.69 Å². The molecule has 0 radical (unpaired) electrons. The second-order valence-electron chi connectivity index (χ2n) is 7.22. The highest BCUT2D eigenvalue weighted by atomic mass is 35.5. The molecule has 28 heavy (non-hydrogen) atoms. The van der Waals surface area contributed by atoms with Crippen LogP contribution in [0.15, 0.2) is 48.5 Å². The van der Waals surface area contributed by atoms with E-state index in [1.165, 1.54) is 0 Å². The van der Waals surface area contributed by atoms with Crippen molar-refractivity contribution in [2.75, 3.05) is 32.8 Å². The summed E-state index contributed by atoms with van der Waals surface area (Å²) in [4.78, 5) is 14.6. The SMILES string of the molecule is O=C(NCCCCN1CCO[C@@H]2c3ccccc3OC[C@H]21)c1cccc(Cl)c1. The second kappa shape index (κ2) is 8.95. The van der Waals surface area contributed by atoms with E-state index in [-0.39, 0.29) is 18.1 Å². The van der Waals surface area contributed by atoms with Crippen LogP contribution in [0.25, 0.3) is 0 Å². The number of unbranched alkanes of at least 4 members (excludes halogenated alkanes) is 1. The molecule has 5 nitrogen and oxygen atoms in total. The van der Waals surface area contributed by atoms with Gasteiger partial charge in [0.25, 0.3) is 5.91 Å². The molecular weight excluding hydrogens is 376 g/mol. The molecule has 0 bridgehead atoms. The van der Waals surface area contributed by atoms with Crippen molar-refractivity contribution in [3.63, 3.8) is 0 Å². The van der Waals surface area contributed by atoms with E-state index in [2.05, 4.69) is 16.3 Å². The van der Waals surface area contributed by atoms with Crippen LogP contribution in [0, 0.1) is 0 Å². The summed E-state index contributed by atoms with van der Waals surface area (Å²) < 4.78 is 12.0. The summed E-state index contributed by atoms with van der Waals surface area (Å²) in [6.45, 7) is 3.95. The summed E-state index contributed by atoms with van der Waals surface area (Å²) in [6, 6.07) is 15.4. The van der Waals surface area contributed by atoms with Gasteiger partial charge in [0.15, 0.2) is 0 Å². The molecular formula is C22H25ClN2O3. The van der Waals surface area contributed by atoms with Gasteiger partial charge in [-0.1, -0.05) is 35.9 Å². The highest BCUT2D eigenvalue weighted by Crippen LogP contribution is 2.38. The van der Waals surface area contributed by atoms with E-state index < -0.39 is 0 Å². The third kappa shape index (κ3) is 4.32. The summed E-state index contributed by atoms with van der Waals surface area (Å²) in [5.41, 5.74) is 1.75. The van der Waals surface area contributed by atoms with Gasteiger partial charge in [-0.15, -0.1) is 0 Å². The summed E-state index contributed by atoms with van der Waals surface area (Å²) in [7, 11) is 0. The van der Waals surface area contributed by atoms with Crippen molar-refractivity contribution >= 4 is 17.5 Å². The number of fused-ring (bicyclic) bond motifs is 3. The lowest BCUT2D eigenvalue weighted by molar-refractivity contribution is -0.0960. The van der Waals surface area contributed by atoms with Crippen molar-refractivity contribution in [1.82, 2.24) is 10.2 Å². The molecule has 148 valence electrons. The van der Waals surface area contributed by atoms with Gasteiger partial charge in [0, 0.05) is 29.2 Å². The number of rotatable bonds is 6. The number of amides is 1. The van der Waals surface area contributed by atoms with Crippen LogP contribution in [0.3, 0.4) is 0 Å². The fourth-order valence-corrected chi connectivity index (χ4v) is 4.12. The smallest absolute Gasteiger partial charge is 0.251 e. The van der Waals surface area contributed by atoms with Crippen LogP contribution in [0.5, 0.6) is 5.75 Å². The number of para-hydroxylation sites is 1. The van der Waals surface area contributed by atoms with Crippen LogP contribution < -0.4 is 10.1 Å². The van der Waals surface area contributed by atoms with Gasteiger partial charge >= 0.3 is 0 Å². The van der Waals surface area contributed by atoms with Crippen molar-refractivity contribution in [1.29, 1.82) is 0 Å². The average molecular weight is 401 g/mol. The topological polar surface area (TPSA) is 50.8 Å². The Labute approximate surface area is 170 Å². The Balaban J connectivity index is 1.24. The van der Waals surface area contributed by atoms with Gasteiger partial charge in [-0.25, -0.2) is 0 Å². The first-order chi connectivity index (χ1) is 13.7. The van der Waals surface area contributed by atoms with Gasteiger partial charge in [-0.05, 0) is 43.7 Å². The lowest BCUT2D eigenvalue weighted by Crippen LogP contribution is -2.52. The minimum absolute atomic E-state index is 0.0776. The standard InChI is InChI=1S/C22H25ClN2O3/c23-17-7-5-6-16(14-17)22(26)24-10-3-4-11-25-12-13-27-21-18-8-1-2-9-20(18)28-15-19(21)25/h1-2,5-9,14,19,21H,3-4,10-13,15H2,(H,24,26)/t19-,21-/m1/s1. The van der Waals surface area contributed by atoms with Crippen LogP contribution >= 0.6 is 11.6 Å². The predicted molar refractivity (Wildman–Crippen MR) is 109 cm³/mol. The molecule has 0 saturated carbocycles. The van der Waals surface area contributed by atoms with Gasteiger partial charge in [0.05, 0.1) is 12.6 Å². The molecule has 2 atom stereocenters. The van der Waals surface area contributed by atoms with Crippen LogP contribution in [0.4, 0.5) is 0 Å². The molecule has 2 heterocycles. The third-order valence-electron chi connectivity index (χ3n) is 5.37. The van der Waals surface area contributed by atoms with Crippen molar-refractivity contribution in [2.45, 2.75) is 25.0 Å². The first-order valence-electron chi connectivity index (χ1n) is 9.83. The summed E-state index contributed by atoms with van der Waals surface area (Å²) in [5, 5.41) is 3.54. The van der Waals surface area contributed by atoms with Gasteiger partial charge in [-0.2, -0.15) is 0 Å².